The molecule has 1 saturated carbocycles. The van der Waals surface area contributed by atoms with Gasteiger partial charge in [-0.15, -0.1) is 0 Å². The molecule has 0 aliphatic heterocycles. The lowest BCUT2D eigenvalue weighted by molar-refractivity contribution is 0.390. The second-order valence-electron chi connectivity index (χ2n) is 4.72. The Balaban J connectivity index is 1.98. The maximum Gasteiger partial charge on any atom is 0.125 e. The van der Waals surface area contributed by atoms with Crippen molar-refractivity contribution in [3.05, 3.63) is 23.8 Å². The molecule has 1 aromatic rings. The summed E-state index contributed by atoms with van der Waals surface area (Å²) in [6, 6.07) is 6.32. The van der Waals surface area contributed by atoms with E-state index in [2.05, 4.69) is 6.07 Å². The molecule has 0 spiro atoms. The van der Waals surface area contributed by atoms with Crippen molar-refractivity contribution in [2.45, 2.75) is 31.7 Å². The lowest BCUT2D eigenvalue weighted by Gasteiger charge is -2.13. The Morgan fingerprint density at radius 1 is 1.29 bits per heavy atom. The zero-order valence-corrected chi connectivity index (χ0v) is 10.6. The molecule has 1 atom stereocenters. The maximum atomic E-state index is 6.11. The summed E-state index contributed by atoms with van der Waals surface area (Å²) in [5, 5.41) is 0. The minimum atomic E-state index is 0.349. The van der Waals surface area contributed by atoms with Gasteiger partial charge in [0.2, 0.25) is 0 Å². The Morgan fingerprint density at radius 3 is 2.65 bits per heavy atom. The Morgan fingerprint density at radius 2 is 2.06 bits per heavy atom. The molecule has 0 aromatic heterocycles. The van der Waals surface area contributed by atoms with Crippen LogP contribution in [0, 0.1) is 5.92 Å². The average molecular weight is 235 g/mol. The highest BCUT2D eigenvalue weighted by molar-refractivity contribution is 5.40. The molecular weight excluding hydrogens is 214 g/mol. The van der Waals surface area contributed by atoms with E-state index in [4.69, 9.17) is 15.2 Å². The molecule has 3 nitrogen and oxygen atoms in total. The van der Waals surface area contributed by atoms with E-state index in [1.165, 1.54) is 18.4 Å². The lowest BCUT2D eigenvalue weighted by Crippen LogP contribution is -2.22. The minimum Gasteiger partial charge on any atom is -0.497 e. The molecule has 2 N–H and O–H groups in total. The minimum absolute atomic E-state index is 0.349. The first-order valence-electron chi connectivity index (χ1n) is 6.21. The van der Waals surface area contributed by atoms with Gasteiger partial charge in [0.05, 0.1) is 14.2 Å². The quantitative estimate of drug-likeness (QED) is 0.823. The Bertz CT molecular complexity index is 374. The van der Waals surface area contributed by atoms with Gasteiger partial charge in [-0.2, -0.15) is 0 Å². The number of rotatable bonds is 6. The molecule has 1 aliphatic rings. The molecule has 1 aliphatic carbocycles. The SMILES string of the molecule is COc1ccc(CCC(N)C2CC2)c(OC)c1. The summed E-state index contributed by atoms with van der Waals surface area (Å²) in [4.78, 5) is 0. The summed E-state index contributed by atoms with van der Waals surface area (Å²) in [7, 11) is 3.36. The largest absolute Gasteiger partial charge is 0.497 e. The number of methoxy groups -OCH3 is 2. The highest BCUT2D eigenvalue weighted by Crippen LogP contribution is 2.34. The molecule has 0 saturated heterocycles. The fourth-order valence-corrected chi connectivity index (χ4v) is 2.14. The molecule has 0 bridgehead atoms. The fraction of sp³-hybridized carbons (Fsp3) is 0.571. The Kier molecular flexibility index (Phi) is 3.89. The summed E-state index contributed by atoms with van der Waals surface area (Å²) >= 11 is 0. The van der Waals surface area contributed by atoms with E-state index in [-0.39, 0.29) is 0 Å². The standard InChI is InChI=1S/C14H21NO2/c1-16-12-7-5-11(14(9-12)17-2)6-8-13(15)10-3-4-10/h5,7,9-10,13H,3-4,6,8,15H2,1-2H3. The molecule has 1 unspecified atom stereocenters. The molecular formula is C14H21NO2. The van der Waals surface area contributed by atoms with Gasteiger partial charge in [-0.1, -0.05) is 6.07 Å². The first kappa shape index (κ1) is 12.2. The van der Waals surface area contributed by atoms with Crippen LogP contribution < -0.4 is 15.2 Å². The first-order chi connectivity index (χ1) is 8.24. The predicted molar refractivity (Wildman–Crippen MR) is 68.6 cm³/mol. The molecule has 0 amide bonds. The van der Waals surface area contributed by atoms with E-state index in [1.54, 1.807) is 14.2 Å². The topological polar surface area (TPSA) is 44.5 Å². The molecule has 1 aromatic carbocycles. The third-order valence-electron chi connectivity index (χ3n) is 3.47. The van der Waals surface area contributed by atoms with Crippen molar-refractivity contribution in [2.75, 3.05) is 14.2 Å². The number of hydrogen-bond acceptors (Lipinski definition) is 3. The third-order valence-corrected chi connectivity index (χ3v) is 3.47. The van der Waals surface area contributed by atoms with Gasteiger partial charge in [0.25, 0.3) is 0 Å². The van der Waals surface area contributed by atoms with Gasteiger partial charge in [0.15, 0.2) is 0 Å². The van der Waals surface area contributed by atoms with E-state index in [0.29, 0.717) is 6.04 Å². The van der Waals surface area contributed by atoms with Crippen molar-refractivity contribution < 1.29 is 9.47 Å². The zero-order chi connectivity index (χ0) is 12.3. The fourth-order valence-electron chi connectivity index (χ4n) is 2.14. The van der Waals surface area contributed by atoms with Crippen LogP contribution in [-0.2, 0) is 6.42 Å². The van der Waals surface area contributed by atoms with Gasteiger partial charge < -0.3 is 15.2 Å². The molecule has 94 valence electrons. The van der Waals surface area contributed by atoms with Crippen molar-refractivity contribution in [3.8, 4) is 11.5 Å². The summed E-state index contributed by atoms with van der Waals surface area (Å²) in [5.74, 6) is 2.49. The van der Waals surface area contributed by atoms with Crippen LogP contribution in [0.5, 0.6) is 11.5 Å². The van der Waals surface area contributed by atoms with Crippen molar-refractivity contribution in [3.63, 3.8) is 0 Å². The van der Waals surface area contributed by atoms with Crippen LogP contribution in [-0.4, -0.2) is 20.3 Å². The van der Waals surface area contributed by atoms with Crippen molar-refractivity contribution >= 4 is 0 Å². The number of nitrogens with two attached hydrogens (primary N) is 1. The van der Waals surface area contributed by atoms with Crippen LogP contribution in [0.4, 0.5) is 0 Å². The lowest BCUT2D eigenvalue weighted by atomic mass is 10.0. The van der Waals surface area contributed by atoms with E-state index in [1.807, 2.05) is 12.1 Å². The highest BCUT2D eigenvalue weighted by atomic mass is 16.5. The van der Waals surface area contributed by atoms with Crippen molar-refractivity contribution in [1.29, 1.82) is 0 Å². The number of aryl methyl sites for hydroxylation is 1. The summed E-state index contributed by atoms with van der Waals surface area (Å²) < 4.78 is 10.6. The Hall–Kier alpha value is -1.22. The van der Waals surface area contributed by atoms with Gasteiger partial charge in [-0.3, -0.25) is 0 Å². The molecule has 2 rings (SSSR count). The number of hydrogen-bond donors (Lipinski definition) is 1. The summed E-state index contributed by atoms with van der Waals surface area (Å²) in [5.41, 5.74) is 7.32. The van der Waals surface area contributed by atoms with Crippen molar-refractivity contribution in [1.82, 2.24) is 0 Å². The zero-order valence-electron chi connectivity index (χ0n) is 10.6. The van der Waals surface area contributed by atoms with E-state index in [0.717, 1.165) is 30.3 Å². The first-order valence-corrected chi connectivity index (χ1v) is 6.21. The molecule has 3 heteroatoms. The maximum absolute atomic E-state index is 6.11. The normalized spacial score (nSPS) is 16.6. The number of benzene rings is 1. The second kappa shape index (κ2) is 5.41. The van der Waals surface area contributed by atoms with Gasteiger partial charge in [-0.25, -0.2) is 0 Å². The van der Waals surface area contributed by atoms with Gasteiger partial charge in [0.1, 0.15) is 11.5 Å². The van der Waals surface area contributed by atoms with E-state index < -0.39 is 0 Å². The van der Waals surface area contributed by atoms with Crippen LogP contribution in [0.2, 0.25) is 0 Å². The van der Waals surface area contributed by atoms with Crippen LogP contribution in [0.15, 0.2) is 18.2 Å². The molecule has 17 heavy (non-hydrogen) atoms. The Labute approximate surface area is 103 Å². The predicted octanol–water partition coefficient (Wildman–Crippen LogP) is 2.37. The number of ether oxygens (including phenoxy) is 2. The van der Waals surface area contributed by atoms with Crippen LogP contribution in [0.1, 0.15) is 24.8 Å². The molecule has 1 fully saturated rings. The van der Waals surface area contributed by atoms with Crippen LogP contribution >= 0.6 is 0 Å². The average Bonchev–Trinajstić information content (AvgIpc) is 3.19. The smallest absolute Gasteiger partial charge is 0.125 e. The van der Waals surface area contributed by atoms with Crippen LogP contribution in [0.25, 0.3) is 0 Å². The van der Waals surface area contributed by atoms with Gasteiger partial charge in [0, 0.05) is 12.1 Å². The van der Waals surface area contributed by atoms with Crippen molar-refractivity contribution in [2.24, 2.45) is 11.7 Å². The molecule has 0 heterocycles. The third kappa shape index (κ3) is 3.13. The molecule has 0 radical (unpaired) electrons. The summed E-state index contributed by atoms with van der Waals surface area (Å²) in [6.45, 7) is 0. The van der Waals surface area contributed by atoms with Gasteiger partial charge >= 0.3 is 0 Å². The second-order valence-corrected chi connectivity index (χ2v) is 4.72. The van der Waals surface area contributed by atoms with Gasteiger partial charge in [-0.05, 0) is 43.2 Å². The van der Waals surface area contributed by atoms with Crippen LogP contribution in [0.3, 0.4) is 0 Å². The summed E-state index contributed by atoms with van der Waals surface area (Å²) in [6.07, 6.45) is 4.63. The highest BCUT2D eigenvalue weighted by Gasteiger charge is 2.28. The van der Waals surface area contributed by atoms with E-state index >= 15 is 0 Å². The van der Waals surface area contributed by atoms with E-state index in [9.17, 15) is 0 Å². The monoisotopic (exact) mass is 235 g/mol.